The van der Waals surface area contributed by atoms with E-state index in [-0.39, 0.29) is 23.0 Å². The lowest BCUT2D eigenvalue weighted by molar-refractivity contribution is -0.162. The highest BCUT2D eigenvalue weighted by atomic mass is 16.6. The molecule has 4 fully saturated rings. The number of Topliss-reactive ketones (excluding diaryl/α,β-unsaturated/α-hetero) is 2. The van der Waals surface area contributed by atoms with E-state index in [4.69, 9.17) is 4.84 Å². The van der Waals surface area contributed by atoms with Gasteiger partial charge in [-0.15, -0.1) is 0 Å². The van der Waals surface area contributed by atoms with Crippen LogP contribution in [0.5, 0.6) is 0 Å². The first kappa shape index (κ1) is 17.2. The van der Waals surface area contributed by atoms with Crippen LogP contribution in [0.1, 0.15) is 65.2 Å². The molecule has 0 amide bonds. The summed E-state index contributed by atoms with van der Waals surface area (Å²) in [6, 6.07) is 0. The molecule has 4 aliphatic carbocycles. The van der Waals surface area contributed by atoms with Crippen LogP contribution in [0.25, 0.3) is 0 Å². The predicted molar refractivity (Wildman–Crippen MR) is 93.0 cm³/mol. The van der Waals surface area contributed by atoms with Gasteiger partial charge in [0, 0.05) is 30.1 Å². The normalized spacial score (nSPS) is 51.0. The molecule has 0 heterocycles. The zero-order valence-corrected chi connectivity index (χ0v) is 15.5. The van der Waals surface area contributed by atoms with E-state index >= 15 is 0 Å². The number of rotatable bonds is 1. The van der Waals surface area contributed by atoms with E-state index in [0.717, 1.165) is 19.3 Å². The molecule has 0 aliphatic heterocycles. The molecule has 4 saturated carbocycles. The Bertz CT molecular complexity index is 658. The summed E-state index contributed by atoms with van der Waals surface area (Å²) in [6.07, 6.45) is 5.52. The van der Waals surface area contributed by atoms with Crippen molar-refractivity contribution in [1.29, 1.82) is 0 Å². The van der Waals surface area contributed by atoms with Crippen molar-refractivity contribution in [2.45, 2.75) is 70.8 Å². The lowest BCUT2D eigenvalue weighted by Crippen LogP contribution is -2.66. The Morgan fingerprint density at radius 2 is 1.88 bits per heavy atom. The van der Waals surface area contributed by atoms with Gasteiger partial charge in [-0.2, -0.15) is 0 Å². The molecule has 6 atom stereocenters. The van der Waals surface area contributed by atoms with Crippen LogP contribution in [0.15, 0.2) is 5.16 Å². The second-order valence-electron chi connectivity index (χ2n) is 9.21. The molecular weight excluding hydrogens is 318 g/mol. The quantitative estimate of drug-likeness (QED) is 0.740. The molecule has 25 heavy (non-hydrogen) atoms. The molecule has 0 aromatic carbocycles. The van der Waals surface area contributed by atoms with E-state index < -0.39 is 5.60 Å². The average Bonchev–Trinajstić information content (AvgIpc) is 2.86. The number of oxime groups is 1. The topological polar surface area (TPSA) is 76.0 Å². The van der Waals surface area contributed by atoms with E-state index in [0.29, 0.717) is 54.9 Å². The van der Waals surface area contributed by atoms with Crippen LogP contribution in [-0.4, -0.2) is 35.1 Å². The molecule has 0 radical (unpaired) electrons. The van der Waals surface area contributed by atoms with Crippen LogP contribution in [0, 0.1) is 28.6 Å². The standard InChI is InChI=1S/C20H29NO4/c1-18-8-7-15-13(14(18)4-5-17(18)23)10-16(21-25-3)20(24)11-12(22)6-9-19(15,20)2/h13-15,24H,4-11H2,1-3H3/b21-16+/t13-,14-,15-,18-,19+,20-/m0/s1. The number of nitrogens with zero attached hydrogens (tertiary/aromatic N) is 1. The van der Waals surface area contributed by atoms with Crippen molar-refractivity contribution in [1.82, 2.24) is 0 Å². The average molecular weight is 347 g/mol. The summed E-state index contributed by atoms with van der Waals surface area (Å²) in [5.74, 6) is 1.56. The largest absolute Gasteiger partial charge is 0.399 e. The number of hydrogen-bond acceptors (Lipinski definition) is 5. The van der Waals surface area contributed by atoms with Crippen molar-refractivity contribution in [2.75, 3.05) is 7.11 Å². The van der Waals surface area contributed by atoms with Gasteiger partial charge in [-0.1, -0.05) is 19.0 Å². The summed E-state index contributed by atoms with van der Waals surface area (Å²) in [6.45, 7) is 4.28. The number of ketones is 2. The smallest absolute Gasteiger partial charge is 0.139 e. The summed E-state index contributed by atoms with van der Waals surface area (Å²) >= 11 is 0. The van der Waals surface area contributed by atoms with Crippen molar-refractivity contribution in [2.24, 2.45) is 33.7 Å². The van der Waals surface area contributed by atoms with Gasteiger partial charge in [0.1, 0.15) is 24.3 Å². The predicted octanol–water partition coefficient (Wildman–Crippen LogP) is 2.89. The third kappa shape index (κ3) is 2.08. The summed E-state index contributed by atoms with van der Waals surface area (Å²) in [5.41, 5.74) is -1.16. The Kier molecular flexibility index (Phi) is 3.70. The molecular formula is C20H29NO4. The lowest BCUT2D eigenvalue weighted by atomic mass is 9.43. The van der Waals surface area contributed by atoms with Gasteiger partial charge >= 0.3 is 0 Å². The Morgan fingerprint density at radius 1 is 1.12 bits per heavy atom. The zero-order valence-electron chi connectivity index (χ0n) is 15.5. The van der Waals surface area contributed by atoms with Crippen LogP contribution < -0.4 is 0 Å². The Balaban J connectivity index is 1.79. The summed E-state index contributed by atoms with van der Waals surface area (Å²) in [7, 11) is 1.49. The highest BCUT2D eigenvalue weighted by molar-refractivity contribution is 5.99. The van der Waals surface area contributed by atoms with Crippen LogP contribution in [0.3, 0.4) is 0 Å². The van der Waals surface area contributed by atoms with Crippen LogP contribution in [-0.2, 0) is 14.4 Å². The Morgan fingerprint density at radius 3 is 2.60 bits per heavy atom. The Hall–Kier alpha value is -1.23. The second kappa shape index (κ2) is 5.38. The fourth-order valence-corrected chi connectivity index (χ4v) is 6.85. The van der Waals surface area contributed by atoms with Gasteiger partial charge in [0.2, 0.25) is 0 Å². The molecule has 0 aromatic heterocycles. The number of fused-ring (bicyclic) bond motifs is 5. The van der Waals surface area contributed by atoms with E-state index in [1.807, 2.05) is 0 Å². The monoisotopic (exact) mass is 347 g/mol. The van der Waals surface area contributed by atoms with Crippen molar-refractivity contribution in [3.63, 3.8) is 0 Å². The fourth-order valence-electron chi connectivity index (χ4n) is 6.85. The molecule has 0 unspecified atom stereocenters. The third-order valence-corrected chi connectivity index (χ3v) is 8.39. The first-order chi connectivity index (χ1) is 11.8. The van der Waals surface area contributed by atoms with Gasteiger partial charge in [0.25, 0.3) is 0 Å². The number of hydrogen-bond donors (Lipinski definition) is 1. The first-order valence-corrected chi connectivity index (χ1v) is 9.64. The van der Waals surface area contributed by atoms with E-state index in [9.17, 15) is 14.7 Å². The summed E-state index contributed by atoms with van der Waals surface area (Å²) in [5, 5.41) is 15.8. The van der Waals surface area contributed by atoms with Gasteiger partial charge in [0.15, 0.2) is 0 Å². The van der Waals surface area contributed by atoms with Crippen molar-refractivity contribution < 1.29 is 19.5 Å². The molecule has 1 N–H and O–H groups in total. The molecule has 4 rings (SSSR count). The molecule has 138 valence electrons. The molecule has 5 heteroatoms. The number of carbonyl (C=O) groups excluding carboxylic acids is 2. The molecule has 0 bridgehead atoms. The maximum atomic E-state index is 12.5. The lowest BCUT2D eigenvalue weighted by Gasteiger charge is -2.62. The van der Waals surface area contributed by atoms with E-state index in [2.05, 4.69) is 19.0 Å². The van der Waals surface area contributed by atoms with Crippen LogP contribution in [0.4, 0.5) is 0 Å². The molecule has 4 aliphatic rings. The maximum absolute atomic E-state index is 12.5. The summed E-state index contributed by atoms with van der Waals surface area (Å²) in [4.78, 5) is 29.7. The minimum absolute atomic E-state index is 0.110. The molecule has 0 spiro atoms. The first-order valence-electron chi connectivity index (χ1n) is 9.64. The molecule has 0 saturated heterocycles. The summed E-state index contributed by atoms with van der Waals surface area (Å²) < 4.78 is 0. The zero-order chi connectivity index (χ0) is 18.0. The van der Waals surface area contributed by atoms with Gasteiger partial charge in [-0.05, 0) is 49.9 Å². The second-order valence-corrected chi connectivity index (χ2v) is 9.21. The number of aliphatic hydroxyl groups is 1. The fraction of sp³-hybridized carbons (Fsp3) is 0.850. The van der Waals surface area contributed by atoms with Gasteiger partial charge in [0.05, 0.1) is 5.71 Å². The van der Waals surface area contributed by atoms with Gasteiger partial charge in [-0.3, -0.25) is 9.59 Å². The van der Waals surface area contributed by atoms with Crippen LogP contribution >= 0.6 is 0 Å². The van der Waals surface area contributed by atoms with Gasteiger partial charge in [-0.25, -0.2) is 0 Å². The van der Waals surface area contributed by atoms with Crippen molar-refractivity contribution in [3.8, 4) is 0 Å². The van der Waals surface area contributed by atoms with Crippen LogP contribution in [0.2, 0.25) is 0 Å². The highest BCUT2D eigenvalue weighted by Crippen LogP contribution is 2.65. The third-order valence-electron chi connectivity index (χ3n) is 8.39. The van der Waals surface area contributed by atoms with Gasteiger partial charge < -0.3 is 9.94 Å². The SMILES string of the molecule is CO/N=C1\C[C@H]2[C@@H]3CCC(=O)[C@@]3(C)CC[C@@H]2[C@@]2(C)CCC(=O)C[C@]12O. The minimum Gasteiger partial charge on any atom is -0.399 e. The highest BCUT2D eigenvalue weighted by Gasteiger charge is 2.67. The minimum atomic E-state index is -1.20. The van der Waals surface area contributed by atoms with Crippen molar-refractivity contribution >= 4 is 17.3 Å². The maximum Gasteiger partial charge on any atom is 0.139 e. The molecule has 0 aromatic rings. The van der Waals surface area contributed by atoms with E-state index in [1.165, 1.54) is 7.11 Å². The van der Waals surface area contributed by atoms with E-state index in [1.54, 1.807) is 0 Å². The number of carbonyl (C=O) groups is 2. The Labute approximate surface area is 149 Å². The van der Waals surface area contributed by atoms with Crippen molar-refractivity contribution in [3.05, 3.63) is 0 Å². The molecule has 5 nitrogen and oxygen atoms in total.